The molecule has 164 valence electrons. The Bertz CT molecular complexity index is 682. The number of aliphatic imine (C=N–C) groups is 1. The van der Waals surface area contributed by atoms with Gasteiger partial charge in [0.25, 0.3) is 0 Å². The zero-order chi connectivity index (χ0) is 21.6. The van der Waals surface area contributed by atoms with Crippen LogP contribution in [0, 0.1) is 5.82 Å². The number of nitrogens with one attached hydrogen (secondary N) is 1. The van der Waals surface area contributed by atoms with Gasteiger partial charge in [0.05, 0.1) is 6.54 Å². The van der Waals surface area contributed by atoms with Crippen molar-refractivity contribution in [2.24, 2.45) is 4.99 Å². The Morgan fingerprint density at radius 1 is 1.21 bits per heavy atom. The number of alkyl halides is 3. The summed E-state index contributed by atoms with van der Waals surface area (Å²) in [5.74, 6) is 0.429. The molecule has 1 N–H and O–H groups in total. The van der Waals surface area contributed by atoms with Crippen LogP contribution in [0.25, 0.3) is 0 Å². The Kier molecular flexibility index (Phi) is 8.27. The summed E-state index contributed by atoms with van der Waals surface area (Å²) < 4.78 is 52.8. The Morgan fingerprint density at radius 2 is 1.86 bits per heavy atom. The fraction of sp³-hybridized carbons (Fsp3) is 0.650. The van der Waals surface area contributed by atoms with E-state index in [1.165, 1.54) is 17.9 Å². The zero-order valence-corrected chi connectivity index (χ0v) is 17.6. The van der Waals surface area contributed by atoms with E-state index in [1.807, 2.05) is 36.9 Å². The fourth-order valence-corrected chi connectivity index (χ4v) is 3.31. The summed E-state index contributed by atoms with van der Waals surface area (Å²) in [5, 5.41) is 3.21. The summed E-state index contributed by atoms with van der Waals surface area (Å²) >= 11 is 0. The summed E-state index contributed by atoms with van der Waals surface area (Å²) in [6, 6.07) is 3.53. The van der Waals surface area contributed by atoms with Gasteiger partial charge in [0.1, 0.15) is 11.9 Å². The monoisotopic (exact) mass is 417 g/mol. The number of benzene rings is 1. The summed E-state index contributed by atoms with van der Waals surface area (Å²) in [5.41, 5.74) is 1.51. The third-order valence-corrected chi connectivity index (χ3v) is 4.98. The number of guanidine groups is 1. The van der Waals surface area contributed by atoms with Crippen molar-refractivity contribution in [2.75, 3.05) is 46.8 Å². The predicted octanol–water partition coefficient (Wildman–Crippen LogP) is 2.92. The first-order chi connectivity index (χ1) is 13.6. The maximum Gasteiger partial charge on any atom is 0.403 e. The van der Waals surface area contributed by atoms with Crippen LogP contribution in [0.5, 0.6) is 0 Å². The molecule has 5 nitrogen and oxygen atoms in total. The van der Waals surface area contributed by atoms with E-state index in [4.69, 9.17) is 0 Å². The molecule has 1 fully saturated rings. The highest BCUT2D eigenvalue weighted by Gasteiger charge is 2.41. The van der Waals surface area contributed by atoms with Gasteiger partial charge in [-0.3, -0.25) is 4.90 Å². The van der Waals surface area contributed by atoms with Crippen molar-refractivity contribution < 1.29 is 17.6 Å². The number of piperazine rings is 1. The quantitative estimate of drug-likeness (QED) is 0.439. The zero-order valence-electron chi connectivity index (χ0n) is 17.6. The molecule has 1 atom stereocenters. The van der Waals surface area contributed by atoms with Crippen molar-refractivity contribution in [1.29, 1.82) is 0 Å². The maximum absolute atomic E-state index is 14.0. The Balaban J connectivity index is 2.04. The average molecular weight is 417 g/mol. The van der Waals surface area contributed by atoms with Crippen LogP contribution in [0.3, 0.4) is 0 Å². The Hall–Kier alpha value is -1.87. The lowest BCUT2D eigenvalue weighted by Gasteiger charge is -2.39. The van der Waals surface area contributed by atoms with Crippen LogP contribution in [-0.2, 0) is 13.1 Å². The molecule has 0 aliphatic carbocycles. The fourth-order valence-electron chi connectivity index (χ4n) is 3.31. The number of hydrogen-bond donors (Lipinski definition) is 1. The molecule has 0 saturated carbocycles. The van der Waals surface area contributed by atoms with Crippen LogP contribution in [0.4, 0.5) is 17.6 Å². The van der Waals surface area contributed by atoms with Gasteiger partial charge in [0, 0.05) is 44.8 Å². The molecule has 1 aromatic rings. The number of rotatable bonds is 6. The molecule has 9 heteroatoms. The van der Waals surface area contributed by atoms with Gasteiger partial charge in [0.2, 0.25) is 0 Å². The second-order valence-electron chi connectivity index (χ2n) is 7.57. The van der Waals surface area contributed by atoms with Gasteiger partial charge in [-0.1, -0.05) is 6.07 Å². The molecular formula is C20H31F4N5. The number of nitrogens with zero attached hydrogens (tertiary/aromatic N) is 4. The first kappa shape index (κ1) is 23.4. The van der Waals surface area contributed by atoms with Crippen LogP contribution >= 0.6 is 0 Å². The van der Waals surface area contributed by atoms with E-state index in [1.54, 1.807) is 6.07 Å². The lowest BCUT2D eigenvalue weighted by Crippen LogP contribution is -2.56. The van der Waals surface area contributed by atoms with Crippen molar-refractivity contribution in [2.45, 2.75) is 39.2 Å². The van der Waals surface area contributed by atoms with E-state index < -0.39 is 12.2 Å². The van der Waals surface area contributed by atoms with Crippen LogP contribution in [0.2, 0.25) is 0 Å². The predicted molar refractivity (Wildman–Crippen MR) is 107 cm³/mol. The smallest absolute Gasteiger partial charge is 0.357 e. The molecular weight excluding hydrogens is 386 g/mol. The van der Waals surface area contributed by atoms with Gasteiger partial charge in [-0.2, -0.15) is 13.2 Å². The molecule has 0 aromatic heterocycles. The highest BCUT2D eigenvalue weighted by Crippen LogP contribution is 2.25. The second kappa shape index (κ2) is 10.2. The van der Waals surface area contributed by atoms with Crippen LogP contribution in [0.1, 0.15) is 25.0 Å². The maximum atomic E-state index is 14.0. The molecule has 1 saturated heterocycles. The molecule has 2 rings (SSSR count). The van der Waals surface area contributed by atoms with Crippen molar-refractivity contribution in [3.05, 3.63) is 35.1 Å². The molecule has 0 bridgehead atoms. The minimum atomic E-state index is -4.21. The van der Waals surface area contributed by atoms with Gasteiger partial charge in [-0.25, -0.2) is 9.38 Å². The van der Waals surface area contributed by atoms with Gasteiger partial charge in [0.15, 0.2) is 5.96 Å². The second-order valence-corrected chi connectivity index (χ2v) is 7.57. The first-order valence-corrected chi connectivity index (χ1v) is 9.87. The van der Waals surface area contributed by atoms with Crippen molar-refractivity contribution in [1.82, 2.24) is 20.0 Å². The molecule has 0 radical (unpaired) electrons. The standard InChI is InChI=1S/C20H31F4N5/c1-5-25-19(29-10-8-28(9-11-29)15(2)20(22,23)24)26-13-16-6-7-18(21)17(12-16)14-27(3)4/h6-7,12,15H,5,8-11,13-14H2,1-4H3,(H,25,26). The van der Waals surface area contributed by atoms with E-state index in [9.17, 15) is 17.6 Å². The molecule has 1 unspecified atom stereocenters. The molecule has 1 aliphatic heterocycles. The Labute approximate surface area is 170 Å². The summed E-state index contributed by atoms with van der Waals surface area (Å²) in [4.78, 5) is 9.96. The highest BCUT2D eigenvalue weighted by atomic mass is 19.4. The van der Waals surface area contributed by atoms with Crippen LogP contribution < -0.4 is 5.32 Å². The third-order valence-electron chi connectivity index (χ3n) is 4.98. The highest BCUT2D eigenvalue weighted by molar-refractivity contribution is 5.80. The molecule has 1 heterocycles. The average Bonchev–Trinajstić information content (AvgIpc) is 2.66. The minimum Gasteiger partial charge on any atom is -0.357 e. The normalized spacial score (nSPS) is 17.7. The largest absolute Gasteiger partial charge is 0.403 e. The van der Waals surface area contributed by atoms with E-state index in [0.29, 0.717) is 57.3 Å². The van der Waals surface area contributed by atoms with Crippen molar-refractivity contribution >= 4 is 5.96 Å². The van der Waals surface area contributed by atoms with Gasteiger partial charge in [-0.15, -0.1) is 0 Å². The van der Waals surface area contributed by atoms with Crippen LogP contribution in [-0.4, -0.2) is 79.7 Å². The summed E-state index contributed by atoms with van der Waals surface area (Å²) in [6.07, 6.45) is -4.21. The van der Waals surface area contributed by atoms with E-state index in [-0.39, 0.29) is 5.82 Å². The van der Waals surface area contributed by atoms with Crippen LogP contribution in [0.15, 0.2) is 23.2 Å². The van der Waals surface area contributed by atoms with E-state index in [2.05, 4.69) is 10.3 Å². The lowest BCUT2D eigenvalue weighted by molar-refractivity contribution is -0.181. The number of hydrogen-bond acceptors (Lipinski definition) is 3. The molecule has 0 amide bonds. The molecule has 1 aromatic carbocycles. The lowest BCUT2D eigenvalue weighted by atomic mass is 10.1. The number of halogens is 4. The van der Waals surface area contributed by atoms with Gasteiger partial charge < -0.3 is 15.1 Å². The third kappa shape index (κ3) is 6.85. The topological polar surface area (TPSA) is 34.1 Å². The summed E-state index contributed by atoms with van der Waals surface area (Å²) in [7, 11) is 3.76. The SMILES string of the molecule is CCNC(=NCc1ccc(F)c(CN(C)C)c1)N1CCN(C(C)C(F)(F)F)CC1. The molecule has 1 aliphatic rings. The summed E-state index contributed by atoms with van der Waals surface area (Å²) in [6.45, 7) is 6.30. The van der Waals surface area contributed by atoms with Crippen molar-refractivity contribution in [3.8, 4) is 0 Å². The van der Waals surface area contributed by atoms with E-state index in [0.717, 1.165) is 5.56 Å². The Morgan fingerprint density at radius 3 is 2.41 bits per heavy atom. The van der Waals surface area contributed by atoms with Gasteiger partial charge in [-0.05, 0) is 45.6 Å². The molecule has 0 spiro atoms. The first-order valence-electron chi connectivity index (χ1n) is 9.87. The van der Waals surface area contributed by atoms with Gasteiger partial charge >= 0.3 is 6.18 Å². The molecule has 29 heavy (non-hydrogen) atoms. The minimum absolute atomic E-state index is 0.242. The van der Waals surface area contributed by atoms with E-state index >= 15 is 0 Å². The van der Waals surface area contributed by atoms with Crippen molar-refractivity contribution in [3.63, 3.8) is 0 Å².